The van der Waals surface area contributed by atoms with Crippen LogP contribution in [-0.4, -0.2) is 82.5 Å². The number of benzene rings is 2. The van der Waals surface area contributed by atoms with Gasteiger partial charge in [0.25, 0.3) is 0 Å². The van der Waals surface area contributed by atoms with Gasteiger partial charge in [0, 0.05) is 49.8 Å². The average molecular weight is 634 g/mol. The second-order valence-electron chi connectivity index (χ2n) is 11.3. The highest BCUT2D eigenvalue weighted by molar-refractivity contribution is 6.00. The van der Waals surface area contributed by atoms with E-state index in [4.69, 9.17) is 14.2 Å². The minimum Gasteiger partial charge on any atom is -0.491 e. The standard InChI is InChI=1S/C35H47N5O6/c1-6-23-46-29-12-9-8-11-28(29)40-21-19-39(20-22-40)18-10-17-36-35(43)38-27-15-13-26(14-16-27)32-30(33(41)44-5)24(3)37-25(4)31(32)34(42)45-7-2/h8-9,11-16,32,37H,6-7,10,17-23H2,1-5H3,(H2,36,38,43). The number of dihydropyridines is 1. The summed E-state index contributed by atoms with van der Waals surface area (Å²) in [5, 5.41) is 8.92. The van der Waals surface area contributed by atoms with Gasteiger partial charge in [-0.1, -0.05) is 31.2 Å². The van der Waals surface area contributed by atoms with Gasteiger partial charge in [-0.25, -0.2) is 14.4 Å². The Kier molecular flexibility index (Phi) is 12.5. The first-order valence-corrected chi connectivity index (χ1v) is 16.0. The van der Waals surface area contributed by atoms with Crippen LogP contribution < -0.4 is 25.6 Å². The molecule has 11 nitrogen and oxygen atoms in total. The normalized spacial score (nSPS) is 16.9. The van der Waals surface area contributed by atoms with Crippen molar-refractivity contribution >= 4 is 29.3 Å². The van der Waals surface area contributed by atoms with Crippen LogP contribution in [0.2, 0.25) is 0 Å². The lowest BCUT2D eigenvalue weighted by atomic mass is 9.80. The molecule has 0 spiro atoms. The maximum atomic E-state index is 12.9. The number of hydrogen-bond donors (Lipinski definition) is 3. The summed E-state index contributed by atoms with van der Waals surface area (Å²) in [6, 6.07) is 15.0. The van der Waals surface area contributed by atoms with Crippen molar-refractivity contribution in [3.8, 4) is 5.75 Å². The molecular formula is C35H47N5O6. The Labute approximate surface area is 271 Å². The molecule has 46 heavy (non-hydrogen) atoms. The maximum Gasteiger partial charge on any atom is 0.336 e. The molecule has 1 fully saturated rings. The van der Waals surface area contributed by atoms with Gasteiger partial charge >= 0.3 is 18.0 Å². The van der Waals surface area contributed by atoms with E-state index in [9.17, 15) is 14.4 Å². The number of allylic oxidation sites excluding steroid dienone is 2. The van der Waals surface area contributed by atoms with E-state index in [1.165, 1.54) is 7.11 Å². The summed E-state index contributed by atoms with van der Waals surface area (Å²) in [5.41, 5.74) is 4.34. The molecule has 2 heterocycles. The number of methoxy groups -OCH3 is 1. The van der Waals surface area contributed by atoms with Crippen LogP contribution in [0.3, 0.4) is 0 Å². The Balaban J connectivity index is 1.27. The van der Waals surface area contributed by atoms with E-state index in [0.29, 0.717) is 46.9 Å². The van der Waals surface area contributed by atoms with Gasteiger partial charge in [0.1, 0.15) is 5.75 Å². The fraction of sp³-hybridized carbons (Fsp3) is 0.457. The van der Waals surface area contributed by atoms with E-state index in [0.717, 1.165) is 57.0 Å². The molecule has 1 atom stereocenters. The fourth-order valence-corrected chi connectivity index (χ4v) is 5.89. The van der Waals surface area contributed by atoms with Crippen molar-refractivity contribution in [2.45, 2.75) is 46.5 Å². The number of piperazine rings is 1. The molecule has 1 saturated heterocycles. The number of hydrogen-bond acceptors (Lipinski definition) is 9. The van der Waals surface area contributed by atoms with Crippen LogP contribution >= 0.6 is 0 Å². The molecule has 2 aliphatic rings. The predicted molar refractivity (Wildman–Crippen MR) is 179 cm³/mol. The first-order chi connectivity index (χ1) is 22.3. The lowest BCUT2D eigenvalue weighted by molar-refractivity contribution is -0.139. The summed E-state index contributed by atoms with van der Waals surface area (Å²) in [4.78, 5) is 43.2. The van der Waals surface area contributed by atoms with Gasteiger partial charge in [-0.2, -0.15) is 0 Å². The molecule has 3 N–H and O–H groups in total. The highest BCUT2D eigenvalue weighted by atomic mass is 16.5. The van der Waals surface area contributed by atoms with E-state index in [-0.39, 0.29) is 12.6 Å². The molecule has 2 aliphatic heterocycles. The van der Waals surface area contributed by atoms with Crippen LogP contribution in [0, 0.1) is 0 Å². The first kappa shape index (κ1) is 34.4. The Hall–Kier alpha value is -4.51. The summed E-state index contributed by atoms with van der Waals surface area (Å²) in [6.07, 6.45) is 1.81. The van der Waals surface area contributed by atoms with E-state index < -0.39 is 17.9 Å². The number of amides is 2. The lowest BCUT2D eigenvalue weighted by Crippen LogP contribution is -2.47. The largest absolute Gasteiger partial charge is 0.491 e. The van der Waals surface area contributed by atoms with Crippen molar-refractivity contribution < 1.29 is 28.6 Å². The number of para-hydroxylation sites is 2. The highest BCUT2D eigenvalue weighted by Crippen LogP contribution is 2.39. The van der Waals surface area contributed by atoms with Crippen molar-refractivity contribution in [3.63, 3.8) is 0 Å². The number of esters is 2. The number of nitrogens with zero attached hydrogens (tertiary/aromatic N) is 2. The van der Waals surface area contributed by atoms with Gasteiger partial charge in [0.2, 0.25) is 0 Å². The topological polar surface area (TPSA) is 121 Å². The molecule has 4 rings (SSSR count). The number of rotatable bonds is 13. The fourth-order valence-electron chi connectivity index (χ4n) is 5.89. The van der Waals surface area contributed by atoms with Crippen LogP contribution in [0.15, 0.2) is 71.1 Å². The van der Waals surface area contributed by atoms with E-state index in [2.05, 4.69) is 44.8 Å². The third-order valence-corrected chi connectivity index (χ3v) is 8.14. The van der Waals surface area contributed by atoms with Crippen molar-refractivity contribution in [1.29, 1.82) is 0 Å². The van der Waals surface area contributed by atoms with Gasteiger partial charge in [-0.15, -0.1) is 0 Å². The first-order valence-electron chi connectivity index (χ1n) is 16.0. The number of nitrogens with one attached hydrogen (secondary N) is 3. The van der Waals surface area contributed by atoms with Crippen LogP contribution in [0.25, 0.3) is 0 Å². The second-order valence-corrected chi connectivity index (χ2v) is 11.3. The number of urea groups is 1. The minimum absolute atomic E-state index is 0.206. The Morgan fingerprint density at radius 1 is 0.913 bits per heavy atom. The molecule has 1 unspecified atom stereocenters. The molecule has 0 bridgehead atoms. The van der Waals surface area contributed by atoms with Crippen LogP contribution in [-0.2, 0) is 19.1 Å². The van der Waals surface area contributed by atoms with Crippen molar-refractivity contribution in [1.82, 2.24) is 15.5 Å². The third kappa shape index (κ3) is 8.60. The average Bonchev–Trinajstić information content (AvgIpc) is 3.06. The Morgan fingerprint density at radius 3 is 2.24 bits per heavy atom. The van der Waals surface area contributed by atoms with E-state index >= 15 is 0 Å². The minimum atomic E-state index is -0.679. The summed E-state index contributed by atoms with van der Waals surface area (Å²) < 4.78 is 16.3. The van der Waals surface area contributed by atoms with E-state index in [1.54, 1.807) is 45.0 Å². The van der Waals surface area contributed by atoms with Crippen LogP contribution in [0.1, 0.15) is 52.0 Å². The van der Waals surface area contributed by atoms with E-state index in [1.807, 2.05) is 12.1 Å². The van der Waals surface area contributed by atoms with Crippen LogP contribution in [0.5, 0.6) is 5.75 Å². The SMILES string of the molecule is CCCOc1ccccc1N1CCN(CCCNC(=O)Nc2ccc(C3C(C(=O)OC)=C(C)NC(C)=C3C(=O)OCC)cc2)CC1. The zero-order valence-corrected chi connectivity index (χ0v) is 27.6. The Bertz CT molecular complexity index is 1430. The summed E-state index contributed by atoms with van der Waals surface area (Å²) in [5.74, 6) is -0.769. The molecule has 2 aromatic rings. The monoisotopic (exact) mass is 633 g/mol. The van der Waals surface area contributed by atoms with Gasteiger partial charge in [0.15, 0.2) is 0 Å². The number of anilines is 2. The molecular weight excluding hydrogens is 586 g/mol. The summed E-state index contributed by atoms with van der Waals surface area (Å²) >= 11 is 0. The summed E-state index contributed by atoms with van der Waals surface area (Å²) in [7, 11) is 1.31. The zero-order chi connectivity index (χ0) is 33.1. The predicted octanol–water partition coefficient (Wildman–Crippen LogP) is 4.78. The van der Waals surface area contributed by atoms with Crippen LogP contribution in [0.4, 0.5) is 16.2 Å². The van der Waals surface area contributed by atoms with Gasteiger partial charge in [-0.3, -0.25) is 4.90 Å². The quantitative estimate of drug-likeness (QED) is 0.211. The van der Waals surface area contributed by atoms with Crippen molar-refractivity contribution in [2.24, 2.45) is 0 Å². The molecule has 0 aromatic heterocycles. The Morgan fingerprint density at radius 2 is 1.59 bits per heavy atom. The van der Waals surface area contributed by atoms with Gasteiger partial charge in [0.05, 0.1) is 43.1 Å². The molecule has 0 aliphatic carbocycles. The molecule has 248 valence electrons. The molecule has 0 saturated carbocycles. The molecule has 2 aromatic carbocycles. The third-order valence-electron chi connectivity index (χ3n) is 8.14. The van der Waals surface area contributed by atoms with Gasteiger partial charge < -0.3 is 35.1 Å². The number of carbonyl (C=O) groups is 3. The number of carbonyl (C=O) groups excluding carboxylic acids is 3. The lowest BCUT2D eigenvalue weighted by Gasteiger charge is -2.36. The van der Waals surface area contributed by atoms with Gasteiger partial charge in [-0.05, 0) is 70.0 Å². The molecule has 2 amide bonds. The zero-order valence-electron chi connectivity index (χ0n) is 27.6. The maximum absolute atomic E-state index is 12.9. The molecule has 0 radical (unpaired) electrons. The highest BCUT2D eigenvalue weighted by Gasteiger charge is 2.37. The van der Waals surface area contributed by atoms with Crippen molar-refractivity contribution in [3.05, 3.63) is 76.6 Å². The smallest absolute Gasteiger partial charge is 0.336 e. The second kappa shape index (κ2) is 16.7. The molecule has 11 heteroatoms. The van der Waals surface area contributed by atoms with Crippen molar-refractivity contribution in [2.75, 3.05) is 69.8 Å². The summed E-state index contributed by atoms with van der Waals surface area (Å²) in [6.45, 7) is 13.5. The number of ether oxygens (including phenoxy) is 3.